The van der Waals surface area contributed by atoms with E-state index in [-0.39, 0.29) is 19.3 Å². The second-order valence-electron chi connectivity index (χ2n) is 7.16. The first-order valence-corrected chi connectivity index (χ1v) is 10.7. The number of carbonyl (C=O) groups excluding carboxylic acids is 1. The number of amides is 2. The lowest BCUT2D eigenvalue weighted by atomic mass is 10.2. The van der Waals surface area contributed by atoms with Crippen molar-refractivity contribution in [2.75, 3.05) is 17.4 Å². The van der Waals surface area contributed by atoms with Gasteiger partial charge in [0, 0.05) is 17.1 Å². The van der Waals surface area contributed by atoms with E-state index in [2.05, 4.69) is 30.9 Å². The van der Waals surface area contributed by atoms with Gasteiger partial charge in [0.05, 0.1) is 16.6 Å². The van der Waals surface area contributed by atoms with Gasteiger partial charge in [-0.1, -0.05) is 29.3 Å². The number of carbonyl (C=O) groups is 1. The number of anilines is 2. The zero-order chi connectivity index (χ0) is 23.4. The maximum absolute atomic E-state index is 12.6. The average molecular weight is 487 g/mol. The van der Waals surface area contributed by atoms with Crippen molar-refractivity contribution in [3.63, 3.8) is 0 Å². The van der Waals surface area contributed by atoms with Crippen molar-refractivity contribution < 1.29 is 14.3 Å². The van der Waals surface area contributed by atoms with Crippen molar-refractivity contribution in [3.8, 4) is 11.5 Å². The molecule has 0 fully saturated rings. The molecule has 0 bridgehead atoms. The molecule has 4 rings (SSSR count). The number of rotatable bonds is 4. The summed E-state index contributed by atoms with van der Waals surface area (Å²) in [5.41, 5.74) is 2.90. The molecule has 33 heavy (non-hydrogen) atoms. The van der Waals surface area contributed by atoms with E-state index >= 15 is 0 Å². The number of halogens is 2. The number of benzene rings is 2. The second-order valence-corrected chi connectivity index (χ2v) is 7.97. The normalized spacial score (nSPS) is 12.4. The Kier molecular flexibility index (Phi) is 6.81. The molecule has 0 atom stereocenters. The van der Waals surface area contributed by atoms with Crippen LogP contribution in [0.4, 0.5) is 16.4 Å². The summed E-state index contributed by atoms with van der Waals surface area (Å²) in [5, 5.41) is 9.07. The lowest BCUT2D eigenvalue weighted by Crippen LogP contribution is -2.39. The lowest BCUT2D eigenvalue weighted by Gasteiger charge is -2.13. The molecule has 3 aromatic rings. The van der Waals surface area contributed by atoms with Crippen LogP contribution in [0.15, 0.2) is 47.5 Å². The number of ether oxygens (including phenoxy) is 2. The smallest absolute Gasteiger partial charge is 0.326 e. The van der Waals surface area contributed by atoms with E-state index in [1.54, 1.807) is 18.2 Å². The number of nitrogens with one attached hydrogen (secondary N) is 3. The van der Waals surface area contributed by atoms with Crippen LogP contribution < -0.4 is 25.4 Å². The van der Waals surface area contributed by atoms with Gasteiger partial charge in [0.15, 0.2) is 11.5 Å². The Labute approximate surface area is 200 Å². The third-order valence-corrected chi connectivity index (χ3v) is 5.22. The Balaban J connectivity index is 1.52. The highest BCUT2D eigenvalue weighted by Gasteiger charge is 2.14. The largest absolute Gasteiger partial charge is 0.454 e. The number of fused-ring (bicyclic) bond motifs is 1. The number of hydrogen-bond donors (Lipinski definition) is 3. The van der Waals surface area contributed by atoms with E-state index < -0.39 is 6.03 Å². The van der Waals surface area contributed by atoms with E-state index in [1.165, 1.54) is 0 Å². The Morgan fingerprint density at radius 2 is 1.73 bits per heavy atom. The van der Waals surface area contributed by atoms with Gasteiger partial charge < -0.3 is 14.8 Å². The number of nitrogens with zero attached hydrogens (tertiary/aromatic N) is 3. The quantitative estimate of drug-likeness (QED) is 0.356. The summed E-state index contributed by atoms with van der Waals surface area (Å²) in [5.74, 6) is 1.81. The van der Waals surface area contributed by atoms with Crippen molar-refractivity contribution in [1.82, 2.24) is 15.3 Å². The molecule has 2 heterocycles. The van der Waals surface area contributed by atoms with Crippen LogP contribution >= 0.6 is 23.2 Å². The lowest BCUT2D eigenvalue weighted by molar-refractivity contribution is 0.174. The van der Waals surface area contributed by atoms with Crippen molar-refractivity contribution in [2.45, 2.75) is 20.4 Å². The first kappa shape index (κ1) is 22.6. The predicted molar refractivity (Wildman–Crippen MR) is 127 cm³/mol. The van der Waals surface area contributed by atoms with Crippen LogP contribution in [0.3, 0.4) is 0 Å². The fourth-order valence-electron chi connectivity index (χ4n) is 3.05. The molecule has 0 unspecified atom stereocenters. The molecule has 0 radical (unpaired) electrons. The van der Waals surface area contributed by atoms with Gasteiger partial charge in [0.25, 0.3) is 0 Å². The first-order valence-electron chi connectivity index (χ1n) is 9.91. The minimum atomic E-state index is -0.533. The van der Waals surface area contributed by atoms with E-state index in [0.29, 0.717) is 33.2 Å². The third-order valence-electron chi connectivity index (χ3n) is 4.48. The monoisotopic (exact) mass is 486 g/mol. The van der Waals surface area contributed by atoms with Crippen molar-refractivity contribution in [1.29, 1.82) is 0 Å². The van der Waals surface area contributed by atoms with Crippen LogP contribution in [0, 0.1) is 13.8 Å². The molecule has 0 saturated carbocycles. The SMILES string of the molecule is Cc1cc(C)nc(NC(=NCc2ccc3c(c2)OCO3)NC(=O)Nc2ccc(Cl)c(Cl)c2)n1. The van der Waals surface area contributed by atoms with Crippen LogP contribution in [0.2, 0.25) is 10.0 Å². The van der Waals surface area contributed by atoms with Gasteiger partial charge >= 0.3 is 6.03 Å². The third kappa shape index (κ3) is 6.03. The van der Waals surface area contributed by atoms with Crippen LogP contribution in [-0.2, 0) is 6.54 Å². The van der Waals surface area contributed by atoms with Gasteiger partial charge in [-0.15, -0.1) is 0 Å². The number of aryl methyl sites for hydroxylation is 2. The summed E-state index contributed by atoms with van der Waals surface area (Å²) in [4.78, 5) is 25.8. The molecule has 0 saturated heterocycles. The highest BCUT2D eigenvalue weighted by molar-refractivity contribution is 6.42. The van der Waals surface area contributed by atoms with Gasteiger partial charge in [-0.25, -0.2) is 19.8 Å². The first-order chi connectivity index (χ1) is 15.9. The summed E-state index contributed by atoms with van der Waals surface area (Å²) in [6.07, 6.45) is 0. The summed E-state index contributed by atoms with van der Waals surface area (Å²) < 4.78 is 10.7. The molecule has 0 aliphatic carbocycles. The Hall–Kier alpha value is -3.56. The van der Waals surface area contributed by atoms with Gasteiger partial charge in [0.2, 0.25) is 18.7 Å². The summed E-state index contributed by atoms with van der Waals surface area (Å²) in [7, 11) is 0. The van der Waals surface area contributed by atoms with Crippen LogP contribution in [-0.4, -0.2) is 28.8 Å². The number of aromatic nitrogens is 2. The molecule has 9 nitrogen and oxygen atoms in total. The molecule has 1 aromatic heterocycles. The van der Waals surface area contributed by atoms with E-state index in [4.69, 9.17) is 32.7 Å². The molecular formula is C22H20Cl2N6O3. The zero-order valence-electron chi connectivity index (χ0n) is 17.8. The van der Waals surface area contributed by atoms with Crippen molar-refractivity contribution in [2.24, 2.45) is 4.99 Å². The molecule has 11 heteroatoms. The number of aliphatic imine (C=N–C) groups is 1. The summed E-state index contributed by atoms with van der Waals surface area (Å²) in [6.45, 7) is 4.16. The maximum Gasteiger partial charge on any atom is 0.326 e. The predicted octanol–water partition coefficient (Wildman–Crippen LogP) is 4.92. The maximum atomic E-state index is 12.6. The highest BCUT2D eigenvalue weighted by atomic mass is 35.5. The van der Waals surface area contributed by atoms with E-state index in [0.717, 1.165) is 17.0 Å². The Morgan fingerprint density at radius 3 is 2.48 bits per heavy atom. The van der Waals surface area contributed by atoms with E-state index in [1.807, 2.05) is 38.1 Å². The minimum Gasteiger partial charge on any atom is -0.454 e. The topological polar surface area (TPSA) is 110 Å². The minimum absolute atomic E-state index is 0.162. The van der Waals surface area contributed by atoms with E-state index in [9.17, 15) is 4.79 Å². The van der Waals surface area contributed by atoms with Crippen LogP contribution in [0.5, 0.6) is 11.5 Å². The molecule has 3 N–H and O–H groups in total. The fourth-order valence-corrected chi connectivity index (χ4v) is 3.35. The Morgan fingerprint density at radius 1 is 0.970 bits per heavy atom. The molecule has 1 aliphatic rings. The molecule has 2 aromatic carbocycles. The fraction of sp³-hybridized carbons (Fsp3) is 0.182. The standard InChI is InChI=1S/C22H20Cl2N6O3/c1-12-7-13(2)27-21(26-12)29-20(25-10-14-3-6-18-19(8-14)33-11-32-18)30-22(31)28-15-4-5-16(23)17(24)9-15/h3-9H,10-11H2,1-2H3,(H3,25,26,27,28,29,30,31). The number of urea groups is 1. The van der Waals surface area contributed by atoms with Crippen molar-refractivity contribution in [3.05, 3.63) is 69.5 Å². The summed E-state index contributed by atoms with van der Waals surface area (Å²) >= 11 is 12.0. The second kappa shape index (κ2) is 9.93. The number of guanidine groups is 1. The summed E-state index contributed by atoms with van der Waals surface area (Å²) in [6, 6.07) is 11.6. The molecule has 0 spiro atoms. The average Bonchev–Trinajstić information content (AvgIpc) is 3.22. The molecule has 1 aliphatic heterocycles. The van der Waals surface area contributed by atoms with Gasteiger partial charge in [-0.05, 0) is 55.8 Å². The van der Waals surface area contributed by atoms with Gasteiger partial charge in [-0.2, -0.15) is 0 Å². The van der Waals surface area contributed by atoms with Gasteiger partial charge in [0.1, 0.15) is 0 Å². The van der Waals surface area contributed by atoms with Crippen molar-refractivity contribution >= 4 is 46.8 Å². The highest BCUT2D eigenvalue weighted by Crippen LogP contribution is 2.32. The molecular weight excluding hydrogens is 467 g/mol. The van der Waals surface area contributed by atoms with Crippen LogP contribution in [0.1, 0.15) is 17.0 Å². The molecule has 170 valence electrons. The van der Waals surface area contributed by atoms with Crippen LogP contribution in [0.25, 0.3) is 0 Å². The number of hydrogen-bond acceptors (Lipinski definition) is 6. The molecule has 2 amide bonds. The zero-order valence-corrected chi connectivity index (χ0v) is 19.3. The van der Waals surface area contributed by atoms with Gasteiger partial charge in [-0.3, -0.25) is 10.6 Å². The Bertz CT molecular complexity index is 1210.